The van der Waals surface area contributed by atoms with E-state index in [2.05, 4.69) is 20.7 Å². The first-order valence-corrected chi connectivity index (χ1v) is 8.95. The summed E-state index contributed by atoms with van der Waals surface area (Å²) in [5, 5.41) is 10.7. The van der Waals surface area contributed by atoms with Crippen LogP contribution in [0, 0.1) is 0 Å². The van der Waals surface area contributed by atoms with E-state index in [4.69, 9.17) is 4.74 Å². The summed E-state index contributed by atoms with van der Waals surface area (Å²) in [7, 11) is 3.68. The standard InChI is InChI=1S/C18H33N5O2/c1-18(2,3)25-16(24)10-8-6-7-9-12-20-17(19-4)21-14-15-11-13-22-23(15)5/h11,13H,6-10,12,14H2,1-5H3,(H2,19,20,21). The van der Waals surface area contributed by atoms with Gasteiger partial charge < -0.3 is 15.4 Å². The van der Waals surface area contributed by atoms with Crippen LogP contribution >= 0.6 is 0 Å². The number of aliphatic imine (C=N–C) groups is 1. The highest BCUT2D eigenvalue weighted by Crippen LogP contribution is 2.10. The fourth-order valence-electron chi connectivity index (χ4n) is 2.32. The molecule has 2 N–H and O–H groups in total. The van der Waals surface area contributed by atoms with E-state index in [0.29, 0.717) is 13.0 Å². The Morgan fingerprint density at radius 1 is 1.24 bits per heavy atom. The van der Waals surface area contributed by atoms with Crippen LogP contribution in [-0.2, 0) is 23.1 Å². The lowest BCUT2D eigenvalue weighted by Gasteiger charge is -2.19. The number of ether oxygens (including phenoxy) is 1. The number of rotatable bonds is 9. The topological polar surface area (TPSA) is 80.5 Å². The molecular weight excluding hydrogens is 318 g/mol. The number of guanidine groups is 1. The third kappa shape index (κ3) is 9.74. The van der Waals surface area contributed by atoms with Gasteiger partial charge in [-0.25, -0.2) is 0 Å². The highest BCUT2D eigenvalue weighted by Gasteiger charge is 2.15. The maximum absolute atomic E-state index is 11.6. The van der Waals surface area contributed by atoms with E-state index in [0.717, 1.165) is 43.9 Å². The van der Waals surface area contributed by atoms with Gasteiger partial charge in [-0.15, -0.1) is 0 Å². The molecule has 0 bridgehead atoms. The zero-order valence-corrected chi connectivity index (χ0v) is 16.3. The van der Waals surface area contributed by atoms with E-state index in [-0.39, 0.29) is 11.6 Å². The van der Waals surface area contributed by atoms with Crippen molar-refractivity contribution in [3.63, 3.8) is 0 Å². The lowest BCUT2D eigenvalue weighted by atomic mass is 10.1. The molecule has 25 heavy (non-hydrogen) atoms. The van der Waals surface area contributed by atoms with Gasteiger partial charge in [-0.05, 0) is 39.7 Å². The minimum Gasteiger partial charge on any atom is -0.460 e. The summed E-state index contributed by atoms with van der Waals surface area (Å²) in [6.07, 6.45) is 6.31. The van der Waals surface area contributed by atoms with Gasteiger partial charge in [-0.1, -0.05) is 12.8 Å². The van der Waals surface area contributed by atoms with Crippen molar-refractivity contribution in [2.45, 2.75) is 65.0 Å². The number of nitrogens with zero attached hydrogens (tertiary/aromatic N) is 3. The molecule has 0 radical (unpaired) electrons. The van der Waals surface area contributed by atoms with E-state index < -0.39 is 0 Å². The molecule has 1 aromatic heterocycles. The van der Waals surface area contributed by atoms with Crippen LogP contribution in [0.4, 0.5) is 0 Å². The zero-order valence-electron chi connectivity index (χ0n) is 16.3. The van der Waals surface area contributed by atoms with E-state index in [1.54, 1.807) is 13.2 Å². The van der Waals surface area contributed by atoms with Crippen molar-refractivity contribution < 1.29 is 9.53 Å². The second-order valence-corrected chi connectivity index (χ2v) is 7.05. The number of nitrogens with one attached hydrogen (secondary N) is 2. The van der Waals surface area contributed by atoms with Crippen molar-refractivity contribution in [3.05, 3.63) is 18.0 Å². The largest absolute Gasteiger partial charge is 0.460 e. The van der Waals surface area contributed by atoms with Gasteiger partial charge in [0.2, 0.25) is 0 Å². The summed E-state index contributed by atoms with van der Waals surface area (Å²) in [4.78, 5) is 15.8. The highest BCUT2D eigenvalue weighted by atomic mass is 16.6. The van der Waals surface area contributed by atoms with Crippen LogP contribution in [0.2, 0.25) is 0 Å². The number of carbonyl (C=O) groups excluding carboxylic acids is 1. The van der Waals surface area contributed by atoms with Gasteiger partial charge in [0.25, 0.3) is 0 Å². The number of hydrogen-bond acceptors (Lipinski definition) is 4. The maximum atomic E-state index is 11.6. The van der Waals surface area contributed by atoms with Crippen LogP contribution in [-0.4, -0.2) is 40.9 Å². The molecule has 1 heterocycles. The molecule has 0 saturated heterocycles. The van der Waals surface area contributed by atoms with Crippen LogP contribution in [0.5, 0.6) is 0 Å². The van der Waals surface area contributed by atoms with Gasteiger partial charge >= 0.3 is 5.97 Å². The van der Waals surface area contributed by atoms with Crippen LogP contribution in [0.25, 0.3) is 0 Å². The molecule has 0 unspecified atom stereocenters. The monoisotopic (exact) mass is 351 g/mol. The molecule has 142 valence electrons. The Hall–Kier alpha value is -2.05. The Labute approximate surface area is 151 Å². The number of aryl methyl sites for hydroxylation is 1. The predicted molar refractivity (Wildman–Crippen MR) is 100 cm³/mol. The summed E-state index contributed by atoms with van der Waals surface area (Å²) in [6.45, 7) is 7.23. The lowest BCUT2D eigenvalue weighted by Crippen LogP contribution is -2.37. The van der Waals surface area contributed by atoms with Crippen LogP contribution in [0.1, 0.15) is 58.6 Å². The van der Waals surface area contributed by atoms with E-state index in [9.17, 15) is 4.79 Å². The number of aromatic nitrogens is 2. The summed E-state index contributed by atoms with van der Waals surface area (Å²) < 4.78 is 7.13. The molecule has 0 spiro atoms. The van der Waals surface area contributed by atoms with Gasteiger partial charge in [0.05, 0.1) is 12.2 Å². The van der Waals surface area contributed by atoms with Crippen molar-refractivity contribution in [1.29, 1.82) is 0 Å². The quantitative estimate of drug-likeness (QED) is 0.309. The second-order valence-electron chi connectivity index (χ2n) is 7.05. The minimum absolute atomic E-state index is 0.106. The normalized spacial score (nSPS) is 12.1. The summed E-state index contributed by atoms with van der Waals surface area (Å²) in [5.74, 6) is 0.681. The lowest BCUT2D eigenvalue weighted by molar-refractivity contribution is -0.154. The number of hydrogen-bond donors (Lipinski definition) is 2. The van der Waals surface area contributed by atoms with Gasteiger partial charge in [-0.3, -0.25) is 14.5 Å². The smallest absolute Gasteiger partial charge is 0.306 e. The van der Waals surface area contributed by atoms with Gasteiger partial charge in [-0.2, -0.15) is 5.10 Å². The zero-order chi connectivity index (χ0) is 18.7. The maximum Gasteiger partial charge on any atom is 0.306 e. The molecule has 0 saturated carbocycles. The highest BCUT2D eigenvalue weighted by molar-refractivity contribution is 5.79. The van der Waals surface area contributed by atoms with Gasteiger partial charge in [0.15, 0.2) is 5.96 Å². The SMILES string of the molecule is CN=C(NCCCCCCC(=O)OC(C)(C)C)NCc1ccnn1C. The van der Waals surface area contributed by atoms with Crippen molar-refractivity contribution in [3.8, 4) is 0 Å². The number of esters is 1. The fourth-order valence-corrected chi connectivity index (χ4v) is 2.32. The third-order valence-electron chi connectivity index (χ3n) is 3.60. The molecule has 1 rings (SSSR count). The van der Waals surface area contributed by atoms with Gasteiger partial charge in [0, 0.05) is 33.3 Å². The molecule has 1 aromatic rings. The van der Waals surface area contributed by atoms with Crippen LogP contribution in [0.3, 0.4) is 0 Å². The molecule has 0 aromatic carbocycles. The Kier molecular flexibility index (Phi) is 9.02. The molecule has 0 aliphatic heterocycles. The Morgan fingerprint density at radius 2 is 1.96 bits per heavy atom. The Morgan fingerprint density at radius 3 is 2.56 bits per heavy atom. The minimum atomic E-state index is -0.390. The van der Waals surface area contributed by atoms with Crippen molar-refractivity contribution in [2.75, 3.05) is 13.6 Å². The first kappa shape index (κ1) is 21.0. The first-order valence-electron chi connectivity index (χ1n) is 8.95. The summed E-state index contributed by atoms with van der Waals surface area (Å²) >= 11 is 0. The molecule has 0 amide bonds. The van der Waals surface area contributed by atoms with Crippen LogP contribution in [0.15, 0.2) is 17.3 Å². The molecule has 0 atom stereocenters. The van der Waals surface area contributed by atoms with Crippen LogP contribution < -0.4 is 10.6 Å². The first-order chi connectivity index (χ1) is 11.8. The van der Waals surface area contributed by atoms with E-state index in [1.165, 1.54) is 0 Å². The van der Waals surface area contributed by atoms with E-state index >= 15 is 0 Å². The average molecular weight is 351 g/mol. The fraction of sp³-hybridized carbons (Fsp3) is 0.722. The molecule has 7 heteroatoms. The number of carbonyl (C=O) groups is 1. The average Bonchev–Trinajstić information content (AvgIpc) is 2.92. The van der Waals surface area contributed by atoms with Crippen molar-refractivity contribution in [2.24, 2.45) is 12.0 Å². The second kappa shape index (κ2) is 10.7. The predicted octanol–water partition coefficient (Wildman–Crippen LogP) is 2.38. The van der Waals surface area contributed by atoms with Gasteiger partial charge in [0.1, 0.15) is 5.60 Å². The molecular formula is C18H33N5O2. The molecule has 7 nitrogen and oxygen atoms in total. The van der Waals surface area contributed by atoms with Crippen molar-refractivity contribution >= 4 is 11.9 Å². The summed E-state index contributed by atoms with van der Waals surface area (Å²) in [6, 6.07) is 1.98. The Bertz CT molecular complexity index is 546. The molecule has 0 aliphatic carbocycles. The Balaban J connectivity index is 2.06. The van der Waals surface area contributed by atoms with E-state index in [1.807, 2.05) is 38.6 Å². The molecule has 0 fully saturated rings. The third-order valence-corrected chi connectivity index (χ3v) is 3.60. The summed E-state index contributed by atoms with van der Waals surface area (Å²) in [5.41, 5.74) is 0.712. The number of unbranched alkanes of at least 4 members (excludes halogenated alkanes) is 3. The van der Waals surface area contributed by atoms with Crippen molar-refractivity contribution in [1.82, 2.24) is 20.4 Å². The molecule has 0 aliphatic rings.